The standard InChI is InChI=1S/C20H23N5O/c1-3-11-21-20(26)16-9-10-18(22-12-16)23-13-17-14-25(2)24-19(17)15-7-5-4-6-8-15/h4-10,12,14H,3,11,13H2,1-2H3,(H,21,26)(H,22,23). The summed E-state index contributed by atoms with van der Waals surface area (Å²) in [4.78, 5) is 16.2. The first-order valence-corrected chi connectivity index (χ1v) is 8.73. The van der Waals surface area contributed by atoms with Crippen molar-refractivity contribution in [1.29, 1.82) is 0 Å². The van der Waals surface area contributed by atoms with Gasteiger partial charge in [-0.15, -0.1) is 0 Å². The average molecular weight is 349 g/mol. The monoisotopic (exact) mass is 349 g/mol. The number of nitrogens with one attached hydrogen (secondary N) is 2. The molecule has 3 rings (SSSR count). The number of benzene rings is 1. The van der Waals surface area contributed by atoms with Crippen LogP contribution in [0.2, 0.25) is 0 Å². The molecule has 134 valence electrons. The third-order valence-corrected chi connectivity index (χ3v) is 3.97. The highest BCUT2D eigenvalue weighted by Crippen LogP contribution is 2.22. The van der Waals surface area contributed by atoms with E-state index in [0.29, 0.717) is 18.7 Å². The van der Waals surface area contributed by atoms with Gasteiger partial charge in [0.2, 0.25) is 0 Å². The molecule has 0 aliphatic carbocycles. The minimum absolute atomic E-state index is 0.0930. The minimum Gasteiger partial charge on any atom is -0.366 e. The summed E-state index contributed by atoms with van der Waals surface area (Å²) < 4.78 is 1.81. The highest BCUT2D eigenvalue weighted by atomic mass is 16.1. The molecule has 0 saturated carbocycles. The van der Waals surface area contributed by atoms with Crippen LogP contribution in [0.1, 0.15) is 29.3 Å². The third-order valence-electron chi connectivity index (χ3n) is 3.97. The fourth-order valence-corrected chi connectivity index (χ4v) is 2.67. The molecule has 6 heteroatoms. The van der Waals surface area contributed by atoms with Crippen LogP contribution < -0.4 is 10.6 Å². The van der Waals surface area contributed by atoms with Crippen molar-refractivity contribution in [1.82, 2.24) is 20.1 Å². The van der Waals surface area contributed by atoms with Crippen molar-refractivity contribution in [2.45, 2.75) is 19.9 Å². The van der Waals surface area contributed by atoms with Crippen LogP contribution in [-0.4, -0.2) is 27.2 Å². The predicted molar refractivity (Wildman–Crippen MR) is 103 cm³/mol. The number of carbonyl (C=O) groups is 1. The molecule has 6 nitrogen and oxygen atoms in total. The smallest absolute Gasteiger partial charge is 0.252 e. The molecule has 2 heterocycles. The quantitative estimate of drug-likeness (QED) is 0.687. The highest BCUT2D eigenvalue weighted by molar-refractivity contribution is 5.94. The second-order valence-electron chi connectivity index (χ2n) is 6.08. The third kappa shape index (κ3) is 4.27. The molecule has 0 atom stereocenters. The van der Waals surface area contributed by atoms with Gasteiger partial charge in [-0.3, -0.25) is 9.48 Å². The summed E-state index contributed by atoms with van der Waals surface area (Å²) >= 11 is 0. The van der Waals surface area contributed by atoms with Crippen LogP contribution in [0, 0.1) is 0 Å². The van der Waals surface area contributed by atoms with Gasteiger partial charge in [0.25, 0.3) is 5.91 Å². The van der Waals surface area contributed by atoms with Crippen molar-refractivity contribution in [3.8, 4) is 11.3 Å². The van der Waals surface area contributed by atoms with Crippen molar-refractivity contribution >= 4 is 11.7 Å². The summed E-state index contributed by atoms with van der Waals surface area (Å²) in [5, 5.41) is 10.7. The van der Waals surface area contributed by atoms with E-state index in [1.54, 1.807) is 12.3 Å². The molecule has 1 aromatic carbocycles. The maximum absolute atomic E-state index is 11.9. The van der Waals surface area contributed by atoms with Crippen LogP contribution in [0.3, 0.4) is 0 Å². The van der Waals surface area contributed by atoms with E-state index in [2.05, 4.69) is 20.7 Å². The van der Waals surface area contributed by atoms with E-state index in [0.717, 1.165) is 29.1 Å². The molecule has 2 aromatic heterocycles. The van der Waals surface area contributed by atoms with Gasteiger partial charge in [-0.25, -0.2) is 4.98 Å². The molecule has 0 unspecified atom stereocenters. The zero-order valence-electron chi connectivity index (χ0n) is 15.1. The number of hydrogen-bond donors (Lipinski definition) is 2. The molecule has 0 spiro atoms. The molecule has 0 aliphatic rings. The zero-order valence-corrected chi connectivity index (χ0v) is 15.1. The van der Waals surface area contributed by atoms with Gasteiger partial charge in [-0.05, 0) is 18.6 Å². The Kier molecular flexibility index (Phi) is 5.63. The van der Waals surface area contributed by atoms with E-state index in [9.17, 15) is 4.79 Å². The van der Waals surface area contributed by atoms with Crippen LogP contribution >= 0.6 is 0 Å². The minimum atomic E-state index is -0.0930. The van der Waals surface area contributed by atoms with Crippen molar-refractivity contribution in [2.75, 3.05) is 11.9 Å². The normalized spacial score (nSPS) is 10.5. The first-order valence-electron chi connectivity index (χ1n) is 8.73. The molecule has 0 aliphatic heterocycles. The number of amides is 1. The summed E-state index contributed by atoms with van der Waals surface area (Å²) in [6.45, 7) is 3.29. The fourth-order valence-electron chi connectivity index (χ4n) is 2.67. The van der Waals surface area contributed by atoms with Gasteiger partial charge >= 0.3 is 0 Å². The number of rotatable bonds is 7. The Bertz CT molecular complexity index is 856. The van der Waals surface area contributed by atoms with Crippen molar-refractivity contribution in [3.63, 3.8) is 0 Å². The van der Waals surface area contributed by atoms with E-state index in [1.165, 1.54) is 0 Å². The van der Waals surface area contributed by atoms with Crippen LogP contribution in [-0.2, 0) is 13.6 Å². The number of carbonyl (C=O) groups excluding carboxylic acids is 1. The first-order chi connectivity index (χ1) is 12.7. The Morgan fingerprint density at radius 1 is 1.15 bits per heavy atom. The lowest BCUT2D eigenvalue weighted by atomic mass is 10.1. The Balaban J connectivity index is 1.67. The van der Waals surface area contributed by atoms with Crippen LogP contribution in [0.15, 0.2) is 54.9 Å². The number of pyridine rings is 1. The number of nitrogens with zero attached hydrogens (tertiary/aromatic N) is 3. The largest absolute Gasteiger partial charge is 0.366 e. The topological polar surface area (TPSA) is 71.8 Å². The summed E-state index contributed by atoms with van der Waals surface area (Å²) in [6, 6.07) is 13.7. The van der Waals surface area contributed by atoms with Gasteiger partial charge in [0, 0.05) is 43.7 Å². The number of aromatic nitrogens is 3. The van der Waals surface area contributed by atoms with E-state index in [-0.39, 0.29) is 5.91 Å². The molecule has 26 heavy (non-hydrogen) atoms. The van der Waals surface area contributed by atoms with Crippen molar-refractivity contribution < 1.29 is 4.79 Å². The molecular formula is C20H23N5O. The van der Waals surface area contributed by atoms with Gasteiger partial charge in [-0.2, -0.15) is 5.10 Å². The van der Waals surface area contributed by atoms with Gasteiger partial charge in [-0.1, -0.05) is 37.3 Å². The summed E-state index contributed by atoms with van der Waals surface area (Å²) in [6.07, 6.45) is 4.50. The lowest BCUT2D eigenvalue weighted by Gasteiger charge is -2.07. The lowest BCUT2D eigenvalue weighted by molar-refractivity contribution is 0.0953. The Labute approximate surface area is 153 Å². The Hall–Kier alpha value is -3.15. The molecule has 0 saturated heterocycles. The van der Waals surface area contributed by atoms with Crippen LogP contribution in [0.4, 0.5) is 5.82 Å². The first kappa shape index (κ1) is 17.7. The van der Waals surface area contributed by atoms with E-state index in [1.807, 2.05) is 61.2 Å². The van der Waals surface area contributed by atoms with E-state index >= 15 is 0 Å². The summed E-state index contributed by atoms with van der Waals surface area (Å²) in [5.41, 5.74) is 3.69. The van der Waals surface area contributed by atoms with Gasteiger partial charge in [0.1, 0.15) is 5.82 Å². The molecule has 1 amide bonds. The predicted octanol–water partition coefficient (Wildman–Crippen LogP) is 3.23. The molecular weight excluding hydrogens is 326 g/mol. The van der Waals surface area contributed by atoms with Crippen LogP contribution in [0.25, 0.3) is 11.3 Å². The second-order valence-corrected chi connectivity index (χ2v) is 6.08. The second kappa shape index (κ2) is 8.29. The maximum Gasteiger partial charge on any atom is 0.252 e. The van der Waals surface area contributed by atoms with Crippen molar-refractivity contribution in [2.24, 2.45) is 7.05 Å². The molecule has 3 aromatic rings. The number of anilines is 1. The van der Waals surface area contributed by atoms with Gasteiger partial charge in [0.05, 0.1) is 11.3 Å². The van der Waals surface area contributed by atoms with Gasteiger partial charge in [0.15, 0.2) is 0 Å². The highest BCUT2D eigenvalue weighted by Gasteiger charge is 2.10. The molecule has 0 fully saturated rings. The number of aryl methyl sites for hydroxylation is 1. The maximum atomic E-state index is 11.9. The number of hydrogen-bond acceptors (Lipinski definition) is 4. The van der Waals surface area contributed by atoms with Crippen molar-refractivity contribution in [3.05, 3.63) is 66.0 Å². The molecule has 0 bridgehead atoms. The lowest BCUT2D eigenvalue weighted by Crippen LogP contribution is -2.24. The zero-order chi connectivity index (χ0) is 18.4. The molecule has 2 N–H and O–H groups in total. The Morgan fingerprint density at radius 2 is 1.96 bits per heavy atom. The van der Waals surface area contributed by atoms with E-state index in [4.69, 9.17) is 0 Å². The van der Waals surface area contributed by atoms with Crippen LogP contribution in [0.5, 0.6) is 0 Å². The van der Waals surface area contributed by atoms with E-state index < -0.39 is 0 Å². The molecule has 0 radical (unpaired) electrons. The SMILES string of the molecule is CCCNC(=O)c1ccc(NCc2cn(C)nc2-c2ccccc2)nc1. The average Bonchev–Trinajstić information content (AvgIpc) is 3.06. The summed E-state index contributed by atoms with van der Waals surface area (Å²) in [5.74, 6) is 0.629. The fraction of sp³-hybridized carbons (Fsp3) is 0.250. The van der Waals surface area contributed by atoms with Gasteiger partial charge < -0.3 is 10.6 Å². The summed E-state index contributed by atoms with van der Waals surface area (Å²) in [7, 11) is 1.91. The Morgan fingerprint density at radius 3 is 2.65 bits per heavy atom.